The summed E-state index contributed by atoms with van der Waals surface area (Å²) in [6.07, 6.45) is 3.71. The number of carbonyl (C=O) groups excluding carboxylic acids is 1. The Hall–Kier alpha value is -3.94. The highest BCUT2D eigenvalue weighted by molar-refractivity contribution is 5.94. The normalized spacial score (nSPS) is 10.8. The molecule has 4 rings (SSSR count). The van der Waals surface area contributed by atoms with Crippen LogP contribution < -0.4 is 4.74 Å². The van der Waals surface area contributed by atoms with Crippen molar-refractivity contribution in [2.24, 2.45) is 0 Å². The summed E-state index contributed by atoms with van der Waals surface area (Å²) in [5.74, 6) is 2.43. The van der Waals surface area contributed by atoms with E-state index in [0.29, 0.717) is 23.8 Å². The van der Waals surface area contributed by atoms with Gasteiger partial charge in [0.1, 0.15) is 11.6 Å². The predicted molar refractivity (Wildman–Crippen MR) is 115 cm³/mol. The Morgan fingerprint density at radius 2 is 1.87 bits per heavy atom. The minimum absolute atomic E-state index is 0.116. The second-order valence-electron chi connectivity index (χ2n) is 7.20. The minimum Gasteiger partial charge on any atom is -0.497 e. The van der Waals surface area contributed by atoms with Gasteiger partial charge in [0.25, 0.3) is 5.91 Å². The molecule has 0 aliphatic carbocycles. The molecule has 0 fully saturated rings. The van der Waals surface area contributed by atoms with Crippen LogP contribution in [0.15, 0.2) is 65.4 Å². The lowest BCUT2D eigenvalue weighted by molar-refractivity contribution is 0.0769. The average Bonchev–Trinajstić information content (AvgIpc) is 3.43. The number of ether oxygens (including phenoxy) is 1. The summed E-state index contributed by atoms with van der Waals surface area (Å²) in [5, 5.41) is 4.01. The molecular weight excluding hydrogens is 394 g/mol. The maximum absolute atomic E-state index is 12.8. The highest BCUT2D eigenvalue weighted by Crippen LogP contribution is 2.20. The largest absolute Gasteiger partial charge is 0.497 e. The zero-order valence-electron chi connectivity index (χ0n) is 17.6. The Bertz CT molecular complexity index is 1160. The number of rotatable bonds is 7. The molecule has 0 atom stereocenters. The van der Waals surface area contributed by atoms with Crippen LogP contribution in [0.25, 0.3) is 11.4 Å². The number of carbonyl (C=O) groups is 1. The molecule has 0 unspecified atom stereocenters. The number of hydrogen-bond acceptors (Lipinski definition) is 6. The number of nitrogens with zero attached hydrogens (tertiary/aromatic N) is 5. The smallest absolute Gasteiger partial charge is 0.254 e. The maximum atomic E-state index is 12.8. The summed E-state index contributed by atoms with van der Waals surface area (Å²) in [5.41, 5.74) is 2.51. The van der Waals surface area contributed by atoms with Crippen molar-refractivity contribution in [2.75, 3.05) is 14.2 Å². The topological polar surface area (TPSA) is 86.3 Å². The lowest BCUT2D eigenvalue weighted by atomic mass is 10.1. The van der Waals surface area contributed by atoms with Crippen molar-refractivity contribution in [2.45, 2.75) is 20.0 Å². The van der Waals surface area contributed by atoms with Crippen molar-refractivity contribution in [1.82, 2.24) is 24.6 Å². The van der Waals surface area contributed by atoms with Crippen LogP contribution in [0.4, 0.5) is 0 Å². The zero-order valence-corrected chi connectivity index (χ0v) is 17.6. The number of methoxy groups -OCH3 is 1. The fourth-order valence-electron chi connectivity index (χ4n) is 3.19. The molecule has 0 aliphatic heterocycles. The zero-order chi connectivity index (χ0) is 21.8. The van der Waals surface area contributed by atoms with Gasteiger partial charge in [0.05, 0.1) is 13.7 Å². The summed E-state index contributed by atoms with van der Waals surface area (Å²) in [6.45, 7) is 2.90. The van der Waals surface area contributed by atoms with E-state index in [0.717, 1.165) is 22.7 Å². The first-order chi connectivity index (χ1) is 15.0. The fourth-order valence-corrected chi connectivity index (χ4v) is 3.19. The average molecular weight is 417 g/mol. The van der Waals surface area contributed by atoms with Crippen molar-refractivity contribution in [3.63, 3.8) is 0 Å². The van der Waals surface area contributed by atoms with Crippen molar-refractivity contribution in [3.8, 4) is 17.1 Å². The first-order valence-electron chi connectivity index (χ1n) is 9.82. The molecular formula is C23H23N5O3. The first-order valence-corrected chi connectivity index (χ1v) is 9.82. The van der Waals surface area contributed by atoms with Crippen LogP contribution in [0.1, 0.15) is 27.6 Å². The number of hydrogen-bond donors (Lipinski definition) is 0. The third-order valence-electron chi connectivity index (χ3n) is 5.01. The van der Waals surface area contributed by atoms with Gasteiger partial charge in [-0.25, -0.2) is 4.98 Å². The van der Waals surface area contributed by atoms with Gasteiger partial charge < -0.3 is 18.7 Å². The molecule has 0 saturated heterocycles. The number of aromatic nitrogens is 4. The van der Waals surface area contributed by atoms with Crippen LogP contribution in [-0.2, 0) is 13.1 Å². The van der Waals surface area contributed by atoms with Gasteiger partial charge in [0, 0.05) is 37.1 Å². The van der Waals surface area contributed by atoms with Gasteiger partial charge in [0.15, 0.2) is 0 Å². The van der Waals surface area contributed by atoms with Gasteiger partial charge in [-0.2, -0.15) is 4.98 Å². The third kappa shape index (κ3) is 4.63. The van der Waals surface area contributed by atoms with Crippen LogP contribution >= 0.6 is 0 Å². The second-order valence-corrected chi connectivity index (χ2v) is 7.20. The van der Waals surface area contributed by atoms with Crippen LogP contribution in [0.3, 0.4) is 0 Å². The Balaban J connectivity index is 1.39. The molecule has 2 aromatic heterocycles. The summed E-state index contributed by atoms with van der Waals surface area (Å²) in [6, 6.07) is 14.9. The van der Waals surface area contributed by atoms with E-state index in [-0.39, 0.29) is 12.5 Å². The molecule has 4 aromatic rings. The summed E-state index contributed by atoms with van der Waals surface area (Å²) >= 11 is 0. The van der Waals surface area contributed by atoms with Crippen molar-refractivity contribution in [1.29, 1.82) is 0 Å². The first kappa shape index (κ1) is 20.3. The molecule has 0 aliphatic rings. The van der Waals surface area contributed by atoms with Crippen molar-refractivity contribution >= 4 is 5.91 Å². The number of aryl methyl sites for hydroxylation is 1. The standard InChI is InChI=1S/C23H23N5O3/c1-16-24-12-13-28(16)14-17-4-6-19(7-5-17)23(29)27(2)15-21-25-22(26-31-21)18-8-10-20(30-3)11-9-18/h4-13H,14-15H2,1-3H3. The minimum atomic E-state index is -0.116. The highest BCUT2D eigenvalue weighted by Gasteiger charge is 2.16. The Morgan fingerprint density at radius 1 is 1.13 bits per heavy atom. The molecule has 0 spiro atoms. The third-order valence-corrected chi connectivity index (χ3v) is 5.01. The van der Waals surface area contributed by atoms with E-state index < -0.39 is 0 Å². The molecule has 0 radical (unpaired) electrons. The number of imidazole rings is 1. The highest BCUT2D eigenvalue weighted by atomic mass is 16.5. The molecule has 8 heteroatoms. The van der Waals surface area contributed by atoms with Gasteiger partial charge in [-0.15, -0.1) is 0 Å². The molecule has 2 heterocycles. The van der Waals surface area contributed by atoms with Gasteiger partial charge >= 0.3 is 0 Å². The van der Waals surface area contributed by atoms with Crippen molar-refractivity contribution in [3.05, 3.63) is 83.8 Å². The molecule has 0 N–H and O–H groups in total. The Morgan fingerprint density at radius 3 is 2.52 bits per heavy atom. The van der Waals surface area contributed by atoms with E-state index in [1.165, 1.54) is 0 Å². The number of benzene rings is 2. The fraction of sp³-hybridized carbons (Fsp3) is 0.217. The molecule has 1 amide bonds. The van der Waals surface area contributed by atoms with Crippen molar-refractivity contribution < 1.29 is 14.1 Å². The van der Waals surface area contributed by atoms with E-state index in [1.54, 1.807) is 25.3 Å². The molecule has 0 bridgehead atoms. The lowest BCUT2D eigenvalue weighted by Gasteiger charge is -2.15. The van der Waals surface area contributed by atoms with Crippen LogP contribution in [0.2, 0.25) is 0 Å². The second kappa shape index (κ2) is 8.83. The Kier molecular flexibility index (Phi) is 5.79. The van der Waals surface area contributed by atoms with E-state index in [1.807, 2.05) is 61.7 Å². The lowest BCUT2D eigenvalue weighted by Crippen LogP contribution is -2.26. The van der Waals surface area contributed by atoms with Gasteiger partial charge in [-0.1, -0.05) is 17.3 Å². The van der Waals surface area contributed by atoms with E-state index in [9.17, 15) is 4.79 Å². The van der Waals surface area contributed by atoms with Gasteiger partial charge in [0.2, 0.25) is 11.7 Å². The number of amides is 1. The predicted octanol–water partition coefficient (Wildman–Crippen LogP) is 3.57. The van der Waals surface area contributed by atoms with Crippen LogP contribution in [0.5, 0.6) is 5.75 Å². The maximum Gasteiger partial charge on any atom is 0.254 e. The summed E-state index contributed by atoms with van der Waals surface area (Å²) < 4.78 is 12.5. The summed E-state index contributed by atoms with van der Waals surface area (Å²) in [7, 11) is 3.32. The molecule has 2 aromatic carbocycles. The monoisotopic (exact) mass is 417 g/mol. The summed E-state index contributed by atoms with van der Waals surface area (Å²) in [4.78, 5) is 23.0. The van der Waals surface area contributed by atoms with E-state index in [2.05, 4.69) is 19.7 Å². The molecule has 158 valence electrons. The van der Waals surface area contributed by atoms with E-state index >= 15 is 0 Å². The van der Waals surface area contributed by atoms with Gasteiger partial charge in [-0.3, -0.25) is 4.79 Å². The molecule has 0 saturated carbocycles. The Labute approximate surface area is 180 Å². The molecule has 31 heavy (non-hydrogen) atoms. The molecule has 8 nitrogen and oxygen atoms in total. The SMILES string of the molecule is COc1ccc(-c2noc(CN(C)C(=O)c3ccc(Cn4ccnc4C)cc3)n2)cc1. The van der Waals surface area contributed by atoms with Crippen LogP contribution in [0, 0.1) is 6.92 Å². The quantitative estimate of drug-likeness (QED) is 0.457. The van der Waals surface area contributed by atoms with E-state index in [4.69, 9.17) is 9.26 Å². The van der Waals surface area contributed by atoms with Gasteiger partial charge in [-0.05, 0) is 48.9 Å². The van der Waals surface area contributed by atoms with Crippen LogP contribution in [-0.4, -0.2) is 44.7 Å².